The molecule has 2 nitrogen and oxygen atoms in total. The van der Waals surface area contributed by atoms with Gasteiger partial charge in [-0.3, -0.25) is 4.79 Å². The molecule has 5 saturated carbocycles. The number of rotatable bonds is 2. The van der Waals surface area contributed by atoms with Crippen molar-refractivity contribution in [3.8, 4) is 0 Å². The molecule has 1 N–H and O–H groups in total. The van der Waals surface area contributed by atoms with Crippen molar-refractivity contribution in [2.24, 2.45) is 23.2 Å². The summed E-state index contributed by atoms with van der Waals surface area (Å²) in [5.74, 6) is 3.08. The fourth-order valence-electron chi connectivity index (χ4n) is 4.95. The lowest BCUT2D eigenvalue weighted by Gasteiger charge is -2.55. The first-order valence-electron chi connectivity index (χ1n) is 7.04. The normalized spacial score (nSPS) is 49.4. The zero-order chi connectivity index (χ0) is 10.8. The summed E-state index contributed by atoms with van der Waals surface area (Å²) in [6.07, 6.45) is 10.3. The van der Waals surface area contributed by atoms with Crippen LogP contribution < -0.4 is 5.32 Å². The van der Waals surface area contributed by atoms with Crippen LogP contribution in [0.25, 0.3) is 0 Å². The number of carbonyl (C=O) groups excluding carboxylic acids is 1. The Morgan fingerprint density at radius 1 is 0.938 bits per heavy atom. The second-order valence-electron chi connectivity index (χ2n) is 6.95. The highest BCUT2D eigenvalue weighted by atomic mass is 16.2. The van der Waals surface area contributed by atoms with Crippen molar-refractivity contribution in [2.45, 2.75) is 57.4 Å². The van der Waals surface area contributed by atoms with Crippen LogP contribution in [-0.2, 0) is 4.79 Å². The standard InChI is InChI=1S/C14H21NO/c16-13(15-12-1-2-12)14-6-9-3-10(7-14)5-11(4-9)8-14/h9-12H,1-8H2,(H,15,16). The smallest absolute Gasteiger partial charge is 0.226 e. The van der Waals surface area contributed by atoms with E-state index in [0.717, 1.165) is 17.8 Å². The minimum absolute atomic E-state index is 0.0807. The fourth-order valence-corrected chi connectivity index (χ4v) is 4.95. The van der Waals surface area contributed by atoms with Crippen LogP contribution in [0.15, 0.2) is 0 Å². The molecule has 0 saturated heterocycles. The lowest BCUT2D eigenvalue weighted by Crippen LogP contribution is -2.53. The average Bonchev–Trinajstić information content (AvgIpc) is 2.99. The van der Waals surface area contributed by atoms with Gasteiger partial charge in [0.15, 0.2) is 0 Å². The Morgan fingerprint density at radius 2 is 1.44 bits per heavy atom. The highest BCUT2D eigenvalue weighted by Crippen LogP contribution is 2.60. The zero-order valence-electron chi connectivity index (χ0n) is 9.87. The molecule has 5 fully saturated rings. The summed E-state index contributed by atoms with van der Waals surface area (Å²) in [7, 11) is 0. The van der Waals surface area contributed by atoms with E-state index in [-0.39, 0.29) is 5.41 Å². The molecule has 0 spiro atoms. The lowest BCUT2D eigenvalue weighted by molar-refractivity contribution is -0.146. The minimum atomic E-state index is 0.0807. The van der Waals surface area contributed by atoms with Crippen LogP contribution in [0, 0.1) is 23.2 Å². The summed E-state index contributed by atoms with van der Waals surface area (Å²) >= 11 is 0. The first-order valence-corrected chi connectivity index (χ1v) is 7.04. The molecule has 0 aromatic heterocycles. The zero-order valence-corrected chi connectivity index (χ0v) is 9.87. The second-order valence-corrected chi connectivity index (χ2v) is 6.95. The van der Waals surface area contributed by atoms with Gasteiger partial charge >= 0.3 is 0 Å². The van der Waals surface area contributed by atoms with Gasteiger partial charge in [0, 0.05) is 11.5 Å². The highest BCUT2D eigenvalue weighted by molar-refractivity contribution is 5.83. The van der Waals surface area contributed by atoms with Crippen LogP contribution in [0.4, 0.5) is 0 Å². The van der Waals surface area contributed by atoms with Crippen molar-refractivity contribution < 1.29 is 4.79 Å². The molecular formula is C14H21NO. The van der Waals surface area contributed by atoms with Crippen LogP contribution >= 0.6 is 0 Å². The van der Waals surface area contributed by atoms with E-state index in [1.165, 1.54) is 51.4 Å². The molecule has 0 atom stereocenters. The Kier molecular flexibility index (Phi) is 1.79. The van der Waals surface area contributed by atoms with Crippen LogP contribution in [0.3, 0.4) is 0 Å². The van der Waals surface area contributed by atoms with Crippen LogP contribution in [0.5, 0.6) is 0 Å². The molecule has 0 aromatic carbocycles. The van der Waals surface area contributed by atoms with Gasteiger partial charge in [-0.2, -0.15) is 0 Å². The van der Waals surface area contributed by atoms with E-state index in [0.29, 0.717) is 11.9 Å². The number of hydrogen-bond donors (Lipinski definition) is 1. The first kappa shape index (κ1) is 9.49. The van der Waals surface area contributed by atoms with Crippen molar-refractivity contribution in [1.29, 1.82) is 0 Å². The predicted molar refractivity (Wildman–Crippen MR) is 61.8 cm³/mol. The molecule has 0 heterocycles. The number of amides is 1. The van der Waals surface area contributed by atoms with Crippen molar-refractivity contribution in [2.75, 3.05) is 0 Å². The third-order valence-electron chi connectivity index (χ3n) is 5.43. The van der Waals surface area contributed by atoms with E-state index in [1.807, 2.05) is 0 Å². The Hall–Kier alpha value is -0.530. The largest absolute Gasteiger partial charge is 0.353 e. The summed E-state index contributed by atoms with van der Waals surface area (Å²) in [4.78, 5) is 12.4. The molecule has 0 aromatic rings. The Balaban J connectivity index is 1.58. The van der Waals surface area contributed by atoms with Gasteiger partial charge in [0.2, 0.25) is 5.91 Å². The van der Waals surface area contributed by atoms with Crippen molar-refractivity contribution in [3.63, 3.8) is 0 Å². The van der Waals surface area contributed by atoms with Crippen LogP contribution in [0.1, 0.15) is 51.4 Å². The van der Waals surface area contributed by atoms with E-state index in [2.05, 4.69) is 5.32 Å². The van der Waals surface area contributed by atoms with Crippen molar-refractivity contribution in [1.82, 2.24) is 5.32 Å². The SMILES string of the molecule is O=C(NC1CC1)C12CC3CC(CC(C3)C1)C2. The summed E-state index contributed by atoms with van der Waals surface area (Å²) in [5, 5.41) is 3.27. The first-order chi connectivity index (χ1) is 7.73. The Labute approximate surface area is 97.2 Å². The molecule has 0 unspecified atom stereocenters. The predicted octanol–water partition coefficient (Wildman–Crippen LogP) is 2.48. The molecule has 5 aliphatic rings. The fraction of sp³-hybridized carbons (Fsp3) is 0.929. The van der Waals surface area contributed by atoms with Crippen LogP contribution in [0.2, 0.25) is 0 Å². The quantitative estimate of drug-likeness (QED) is 0.759. The van der Waals surface area contributed by atoms with Gasteiger partial charge in [-0.25, -0.2) is 0 Å². The molecule has 0 aliphatic heterocycles. The molecular weight excluding hydrogens is 198 g/mol. The molecule has 2 heteroatoms. The van der Waals surface area contributed by atoms with Gasteiger partial charge < -0.3 is 5.32 Å². The molecule has 88 valence electrons. The van der Waals surface area contributed by atoms with E-state index in [9.17, 15) is 4.79 Å². The molecule has 4 bridgehead atoms. The Morgan fingerprint density at radius 3 is 1.88 bits per heavy atom. The van der Waals surface area contributed by atoms with Gasteiger partial charge in [0.1, 0.15) is 0 Å². The molecule has 5 rings (SSSR count). The van der Waals surface area contributed by atoms with E-state index < -0.39 is 0 Å². The maximum atomic E-state index is 12.4. The maximum absolute atomic E-state index is 12.4. The van der Waals surface area contributed by atoms with E-state index >= 15 is 0 Å². The lowest BCUT2D eigenvalue weighted by atomic mass is 9.49. The topological polar surface area (TPSA) is 29.1 Å². The third kappa shape index (κ3) is 1.34. The summed E-state index contributed by atoms with van der Waals surface area (Å²) in [6, 6.07) is 0.542. The average molecular weight is 219 g/mol. The Bertz CT molecular complexity index is 296. The second kappa shape index (κ2) is 3.02. The van der Waals surface area contributed by atoms with Gasteiger partial charge in [-0.05, 0) is 69.1 Å². The number of hydrogen-bond acceptors (Lipinski definition) is 1. The maximum Gasteiger partial charge on any atom is 0.226 e. The summed E-state index contributed by atoms with van der Waals surface area (Å²) in [5.41, 5.74) is 0.0807. The van der Waals surface area contributed by atoms with Crippen molar-refractivity contribution >= 4 is 5.91 Å². The van der Waals surface area contributed by atoms with Gasteiger partial charge in [-0.15, -0.1) is 0 Å². The monoisotopic (exact) mass is 219 g/mol. The molecule has 0 radical (unpaired) electrons. The molecule has 16 heavy (non-hydrogen) atoms. The van der Waals surface area contributed by atoms with E-state index in [4.69, 9.17) is 0 Å². The summed E-state index contributed by atoms with van der Waals surface area (Å²) in [6.45, 7) is 0. The highest BCUT2D eigenvalue weighted by Gasteiger charge is 2.54. The van der Waals surface area contributed by atoms with Gasteiger partial charge in [-0.1, -0.05) is 0 Å². The van der Waals surface area contributed by atoms with Gasteiger partial charge in [0.05, 0.1) is 0 Å². The van der Waals surface area contributed by atoms with Gasteiger partial charge in [0.25, 0.3) is 0 Å². The van der Waals surface area contributed by atoms with Crippen molar-refractivity contribution in [3.05, 3.63) is 0 Å². The number of carbonyl (C=O) groups is 1. The molecule has 1 amide bonds. The van der Waals surface area contributed by atoms with E-state index in [1.54, 1.807) is 0 Å². The van der Waals surface area contributed by atoms with Crippen LogP contribution in [-0.4, -0.2) is 11.9 Å². The number of nitrogens with one attached hydrogen (secondary N) is 1. The summed E-state index contributed by atoms with van der Waals surface area (Å²) < 4.78 is 0. The molecule has 5 aliphatic carbocycles. The minimum Gasteiger partial charge on any atom is -0.353 e. The third-order valence-corrected chi connectivity index (χ3v) is 5.43.